The highest BCUT2D eigenvalue weighted by atomic mass is 16.6. The van der Waals surface area contributed by atoms with E-state index in [0.717, 1.165) is 0 Å². The summed E-state index contributed by atoms with van der Waals surface area (Å²) in [5, 5.41) is 48.8. The van der Waals surface area contributed by atoms with Crippen LogP contribution in [0.4, 0.5) is 0 Å². The zero-order valence-corrected chi connectivity index (χ0v) is 9.09. The van der Waals surface area contributed by atoms with E-state index in [9.17, 15) is 9.59 Å². The predicted molar refractivity (Wildman–Crippen MR) is 52.4 cm³/mol. The molecule has 2 atom stereocenters. The molecule has 0 aromatic rings. The molecular weight excluding hydrogens is 256 g/mol. The van der Waals surface area contributed by atoms with Crippen molar-refractivity contribution < 1.29 is 49.8 Å². The van der Waals surface area contributed by atoms with Crippen LogP contribution in [-0.4, -0.2) is 80.6 Å². The number of ether oxygens (including phenoxy) is 1. The number of rotatable bonds is 6. The molecule has 0 spiro atoms. The summed E-state index contributed by atoms with van der Waals surface area (Å²) in [7, 11) is 0. The van der Waals surface area contributed by atoms with Crippen molar-refractivity contribution in [3.05, 3.63) is 0 Å². The number of hydrogen-bond donors (Lipinski definition) is 6. The van der Waals surface area contributed by atoms with Gasteiger partial charge in [0.15, 0.2) is 12.2 Å². The first-order chi connectivity index (χ1) is 8.27. The highest BCUT2D eigenvalue weighted by Crippen LogP contribution is 1.96. The fourth-order valence-corrected chi connectivity index (χ4v) is 0.496. The van der Waals surface area contributed by atoms with Gasteiger partial charge in [0, 0.05) is 0 Å². The highest BCUT2D eigenvalue weighted by molar-refractivity contribution is 5.84. The molecule has 0 heterocycles. The lowest BCUT2D eigenvalue weighted by atomic mass is 10.2. The summed E-state index contributed by atoms with van der Waals surface area (Å²) in [6.07, 6.45) is -4.35. The van der Waals surface area contributed by atoms with Crippen LogP contribution in [0.3, 0.4) is 0 Å². The summed E-state index contributed by atoms with van der Waals surface area (Å²) in [5.41, 5.74) is 0. The summed E-state index contributed by atoms with van der Waals surface area (Å²) < 4.78 is 4.16. The summed E-state index contributed by atoms with van der Waals surface area (Å²) in [5.74, 6) is -4.21. The molecular formula is C8H14O10. The summed E-state index contributed by atoms with van der Waals surface area (Å²) >= 11 is 0. The monoisotopic (exact) mass is 270 g/mol. The van der Waals surface area contributed by atoms with Gasteiger partial charge in [-0.15, -0.1) is 0 Å². The molecule has 0 aromatic heterocycles. The minimum Gasteiger partial charge on any atom is -0.480 e. The van der Waals surface area contributed by atoms with Gasteiger partial charge in [0.25, 0.3) is 0 Å². The molecule has 0 radical (unpaired) electrons. The third-order valence-corrected chi connectivity index (χ3v) is 1.26. The van der Waals surface area contributed by atoms with Crippen LogP contribution in [0.25, 0.3) is 0 Å². The minimum atomic E-state index is -2.22. The van der Waals surface area contributed by atoms with Gasteiger partial charge >= 0.3 is 17.9 Å². The third kappa shape index (κ3) is 9.47. The lowest BCUT2D eigenvalue weighted by Gasteiger charge is -2.12. The number of carbonyl (C=O) groups is 3. The fraction of sp³-hybridized carbons (Fsp3) is 0.625. The van der Waals surface area contributed by atoms with Gasteiger partial charge in [-0.2, -0.15) is 0 Å². The van der Waals surface area contributed by atoms with E-state index in [2.05, 4.69) is 4.74 Å². The molecule has 0 saturated heterocycles. The second-order valence-electron chi connectivity index (χ2n) is 2.67. The van der Waals surface area contributed by atoms with Crippen LogP contribution in [0, 0.1) is 0 Å². The topological polar surface area (TPSA) is 182 Å². The van der Waals surface area contributed by atoms with Crippen molar-refractivity contribution in [1.82, 2.24) is 0 Å². The Morgan fingerprint density at radius 1 is 1.00 bits per heavy atom. The molecule has 0 aliphatic carbocycles. The SMILES string of the molecule is O=C(O)C(O)C(O)C(=O)OCCO.O=C(O)CO. The average molecular weight is 270 g/mol. The number of carboxylic acid groups (broad SMARTS) is 2. The molecule has 0 aromatic carbocycles. The van der Waals surface area contributed by atoms with Crippen LogP contribution in [0.5, 0.6) is 0 Å². The summed E-state index contributed by atoms with van der Waals surface area (Å²) in [6, 6.07) is 0. The summed E-state index contributed by atoms with van der Waals surface area (Å²) in [6.45, 7) is -1.58. The van der Waals surface area contributed by atoms with Gasteiger partial charge in [0.2, 0.25) is 0 Å². The number of hydrogen-bond acceptors (Lipinski definition) is 8. The van der Waals surface area contributed by atoms with Crippen LogP contribution in [0.1, 0.15) is 0 Å². The molecule has 2 unspecified atom stereocenters. The van der Waals surface area contributed by atoms with E-state index in [4.69, 9.17) is 35.4 Å². The van der Waals surface area contributed by atoms with E-state index in [-0.39, 0.29) is 6.61 Å². The second-order valence-corrected chi connectivity index (χ2v) is 2.67. The quantitative estimate of drug-likeness (QED) is 0.263. The molecule has 10 nitrogen and oxygen atoms in total. The molecule has 18 heavy (non-hydrogen) atoms. The zero-order valence-electron chi connectivity index (χ0n) is 9.09. The van der Waals surface area contributed by atoms with Gasteiger partial charge in [-0.05, 0) is 0 Å². The Bertz CT molecular complexity index is 275. The van der Waals surface area contributed by atoms with Crippen molar-refractivity contribution in [2.24, 2.45) is 0 Å². The number of aliphatic hydroxyl groups is 4. The average Bonchev–Trinajstić information content (AvgIpc) is 2.34. The Balaban J connectivity index is 0. The molecule has 0 saturated carbocycles. The lowest BCUT2D eigenvalue weighted by Crippen LogP contribution is -2.40. The lowest BCUT2D eigenvalue weighted by molar-refractivity contribution is -0.170. The molecule has 0 aliphatic rings. The Labute approximate surface area is 101 Å². The molecule has 0 aliphatic heterocycles. The molecule has 0 fully saturated rings. The van der Waals surface area contributed by atoms with Crippen molar-refractivity contribution in [1.29, 1.82) is 0 Å². The maximum atomic E-state index is 10.6. The first-order valence-electron chi connectivity index (χ1n) is 4.47. The van der Waals surface area contributed by atoms with Crippen molar-refractivity contribution in [2.75, 3.05) is 19.8 Å². The van der Waals surface area contributed by atoms with E-state index >= 15 is 0 Å². The van der Waals surface area contributed by atoms with Gasteiger partial charge < -0.3 is 35.4 Å². The number of carboxylic acids is 2. The number of aliphatic hydroxyl groups excluding tert-OH is 4. The van der Waals surface area contributed by atoms with Crippen molar-refractivity contribution in [3.8, 4) is 0 Å². The Hall–Kier alpha value is -1.75. The highest BCUT2D eigenvalue weighted by Gasteiger charge is 2.31. The fourth-order valence-electron chi connectivity index (χ4n) is 0.496. The van der Waals surface area contributed by atoms with Crippen LogP contribution < -0.4 is 0 Å². The van der Waals surface area contributed by atoms with Crippen molar-refractivity contribution in [3.63, 3.8) is 0 Å². The molecule has 0 rings (SSSR count). The van der Waals surface area contributed by atoms with Crippen LogP contribution in [0.2, 0.25) is 0 Å². The smallest absolute Gasteiger partial charge is 0.338 e. The molecule has 0 bridgehead atoms. The Morgan fingerprint density at radius 2 is 1.44 bits per heavy atom. The Morgan fingerprint density at radius 3 is 1.72 bits per heavy atom. The third-order valence-electron chi connectivity index (χ3n) is 1.26. The number of aliphatic carboxylic acids is 2. The van der Waals surface area contributed by atoms with Gasteiger partial charge in [0.1, 0.15) is 13.2 Å². The first-order valence-corrected chi connectivity index (χ1v) is 4.47. The maximum Gasteiger partial charge on any atom is 0.338 e. The largest absolute Gasteiger partial charge is 0.480 e. The first kappa shape index (κ1) is 18.6. The molecule has 10 heteroatoms. The van der Waals surface area contributed by atoms with Crippen molar-refractivity contribution >= 4 is 17.9 Å². The van der Waals surface area contributed by atoms with Crippen LogP contribution >= 0.6 is 0 Å². The molecule has 106 valence electrons. The maximum absolute atomic E-state index is 10.6. The van der Waals surface area contributed by atoms with Gasteiger partial charge in [-0.1, -0.05) is 0 Å². The second kappa shape index (κ2) is 10.4. The Kier molecular flexibility index (Phi) is 10.8. The standard InChI is InChI=1S/C6H10O7.C2H4O3/c7-1-2-13-6(12)4(9)3(8)5(10)11;3-1-2(4)5/h3-4,7-9H,1-2H2,(H,10,11);3H,1H2,(H,4,5). The zero-order chi connectivity index (χ0) is 14.7. The number of esters is 1. The van der Waals surface area contributed by atoms with E-state index in [0.29, 0.717) is 0 Å². The van der Waals surface area contributed by atoms with Crippen molar-refractivity contribution in [2.45, 2.75) is 12.2 Å². The van der Waals surface area contributed by atoms with Crippen LogP contribution in [-0.2, 0) is 19.1 Å². The normalized spacial score (nSPS) is 12.7. The predicted octanol–water partition coefficient (Wildman–Crippen LogP) is -3.61. The van der Waals surface area contributed by atoms with E-state index in [1.54, 1.807) is 0 Å². The van der Waals surface area contributed by atoms with E-state index < -0.39 is 43.3 Å². The van der Waals surface area contributed by atoms with Gasteiger partial charge in [-0.25, -0.2) is 14.4 Å². The van der Waals surface area contributed by atoms with E-state index in [1.165, 1.54) is 0 Å². The van der Waals surface area contributed by atoms with Gasteiger partial charge in [-0.3, -0.25) is 0 Å². The summed E-state index contributed by atoms with van der Waals surface area (Å²) in [4.78, 5) is 29.8. The minimum absolute atomic E-state index is 0.359. The number of carbonyl (C=O) groups excluding carboxylic acids is 1. The molecule has 6 N–H and O–H groups in total. The van der Waals surface area contributed by atoms with E-state index in [1.807, 2.05) is 0 Å². The van der Waals surface area contributed by atoms with Crippen LogP contribution in [0.15, 0.2) is 0 Å². The molecule has 0 amide bonds. The van der Waals surface area contributed by atoms with Gasteiger partial charge in [0.05, 0.1) is 6.61 Å².